The molecule has 1 saturated heterocycles. The topological polar surface area (TPSA) is 101 Å². The monoisotopic (exact) mass is 249 g/mol. The second kappa shape index (κ2) is 5.09. The van der Waals surface area contributed by atoms with Gasteiger partial charge in [0.2, 0.25) is 17.8 Å². The summed E-state index contributed by atoms with van der Waals surface area (Å²) < 4.78 is 0. The summed E-state index contributed by atoms with van der Waals surface area (Å²) in [6.45, 7) is 2.25. The van der Waals surface area contributed by atoms with E-state index in [4.69, 9.17) is 5.73 Å². The summed E-state index contributed by atoms with van der Waals surface area (Å²) in [6, 6.07) is 1.28. The fraction of sp³-hybridized carbons (Fsp3) is 0.455. The van der Waals surface area contributed by atoms with Crippen molar-refractivity contribution in [2.45, 2.75) is 25.9 Å². The van der Waals surface area contributed by atoms with E-state index in [2.05, 4.69) is 15.3 Å². The number of carbonyl (C=O) groups excluding carboxylic acids is 2. The van der Waals surface area contributed by atoms with Crippen molar-refractivity contribution in [1.29, 1.82) is 0 Å². The fourth-order valence-electron chi connectivity index (χ4n) is 1.92. The first-order valence-electron chi connectivity index (χ1n) is 5.78. The van der Waals surface area contributed by atoms with E-state index in [0.29, 0.717) is 24.6 Å². The standard InChI is InChI=1S/C11H15N5O2/c1-2-8-10(18)15-9(17)6-16(8)11-13-4-3-7(5-12)14-11/h3-4,8H,2,5-6,12H2,1H3,(H,15,17,18). The van der Waals surface area contributed by atoms with Crippen LogP contribution in [-0.2, 0) is 16.1 Å². The third-order valence-electron chi connectivity index (χ3n) is 2.81. The summed E-state index contributed by atoms with van der Waals surface area (Å²) in [5, 5.41) is 2.31. The smallest absolute Gasteiger partial charge is 0.249 e. The molecule has 18 heavy (non-hydrogen) atoms. The van der Waals surface area contributed by atoms with E-state index in [1.165, 1.54) is 0 Å². The Hall–Kier alpha value is -2.02. The van der Waals surface area contributed by atoms with Gasteiger partial charge in [0.05, 0.1) is 5.69 Å². The van der Waals surface area contributed by atoms with E-state index in [9.17, 15) is 9.59 Å². The number of nitrogens with one attached hydrogen (secondary N) is 1. The van der Waals surface area contributed by atoms with Crippen molar-refractivity contribution in [2.24, 2.45) is 5.73 Å². The van der Waals surface area contributed by atoms with Gasteiger partial charge in [-0.3, -0.25) is 14.9 Å². The number of hydrogen-bond acceptors (Lipinski definition) is 6. The highest BCUT2D eigenvalue weighted by molar-refractivity contribution is 6.04. The summed E-state index contributed by atoms with van der Waals surface area (Å²) in [4.78, 5) is 33.1. The molecule has 2 rings (SSSR count). The van der Waals surface area contributed by atoms with Crippen LogP contribution in [0, 0.1) is 0 Å². The van der Waals surface area contributed by atoms with Crippen LogP contribution in [-0.4, -0.2) is 34.4 Å². The highest BCUT2D eigenvalue weighted by atomic mass is 16.2. The third kappa shape index (κ3) is 2.30. The van der Waals surface area contributed by atoms with Crippen molar-refractivity contribution in [3.05, 3.63) is 18.0 Å². The van der Waals surface area contributed by atoms with Crippen molar-refractivity contribution < 1.29 is 9.59 Å². The Morgan fingerprint density at radius 2 is 2.33 bits per heavy atom. The number of nitrogens with zero attached hydrogens (tertiary/aromatic N) is 3. The van der Waals surface area contributed by atoms with Crippen molar-refractivity contribution in [3.63, 3.8) is 0 Å². The zero-order valence-corrected chi connectivity index (χ0v) is 10.1. The Bertz CT molecular complexity index is 476. The first-order chi connectivity index (χ1) is 8.65. The lowest BCUT2D eigenvalue weighted by molar-refractivity contribution is -0.133. The Balaban J connectivity index is 2.33. The first kappa shape index (κ1) is 12.4. The van der Waals surface area contributed by atoms with Gasteiger partial charge in [-0.25, -0.2) is 9.97 Å². The van der Waals surface area contributed by atoms with Gasteiger partial charge in [-0.05, 0) is 12.5 Å². The van der Waals surface area contributed by atoms with E-state index < -0.39 is 6.04 Å². The van der Waals surface area contributed by atoms with Gasteiger partial charge in [0.15, 0.2) is 0 Å². The van der Waals surface area contributed by atoms with Crippen LogP contribution < -0.4 is 16.0 Å². The van der Waals surface area contributed by atoms with Gasteiger partial charge >= 0.3 is 0 Å². The van der Waals surface area contributed by atoms with Crippen LogP contribution in [0.25, 0.3) is 0 Å². The summed E-state index contributed by atoms with van der Waals surface area (Å²) in [7, 11) is 0. The van der Waals surface area contributed by atoms with E-state index >= 15 is 0 Å². The molecule has 7 heteroatoms. The quantitative estimate of drug-likeness (QED) is 0.678. The van der Waals surface area contributed by atoms with Gasteiger partial charge in [-0.2, -0.15) is 0 Å². The number of anilines is 1. The SMILES string of the molecule is CCC1C(=O)NC(=O)CN1c1nccc(CN)n1. The summed E-state index contributed by atoms with van der Waals surface area (Å²) in [6.07, 6.45) is 2.16. The molecule has 1 fully saturated rings. The Morgan fingerprint density at radius 1 is 1.56 bits per heavy atom. The van der Waals surface area contributed by atoms with Crippen molar-refractivity contribution in [1.82, 2.24) is 15.3 Å². The minimum Gasteiger partial charge on any atom is -0.325 e. The van der Waals surface area contributed by atoms with E-state index in [-0.39, 0.29) is 18.4 Å². The maximum Gasteiger partial charge on any atom is 0.249 e. The van der Waals surface area contributed by atoms with Crippen LogP contribution in [0.15, 0.2) is 12.3 Å². The molecule has 0 radical (unpaired) electrons. The maximum absolute atomic E-state index is 11.7. The van der Waals surface area contributed by atoms with Gasteiger partial charge in [-0.1, -0.05) is 6.92 Å². The van der Waals surface area contributed by atoms with Gasteiger partial charge in [0, 0.05) is 12.7 Å². The number of amides is 2. The Labute approximate surface area is 104 Å². The molecule has 1 aliphatic rings. The maximum atomic E-state index is 11.7. The fourth-order valence-corrected chi connectivity index (χ4v) is 1.92. The molecule has 0 spiro atoms. The van der Waals surface area contributed by atoms with Crippen molar-refractivity contribution in [3.8, 4) is 0 Å². The number of carbonyl (C=O) groups is 2. The molecule has 1 atom stereocenters. The van der Waals surface area contributed by atoms with Gasteiger partial charge < -0.3 is 10.6 Å². The van der Waals surface area contributed by atoms with E-state index in [1.54, 1.807) is 17.2 Å². The second-order valence-corrected chi connectivity index (χ2v) is 4.02. The minimum absolute atomic E-state index is 0.0816. The van der Waals surface area contributed by atoms with E-state index in [0.717, 1.165) is 0 Å². The van der Waals surface area contributed by atoms with Crippen LogP contribution in [0.1, 0.15) is 19.0 Å². The van der Waals surface area contributed by atoms with Gasteiger partial charge in [-0.15, -0.1) is 0 Å². The molecule has 3 N–H and O–H groups in total. The molecule has 0 aliphatic carbocycles. The largest absolute Gasteiger partial charge is 0.325 e. The molecule has 0 saturated carbocycles. The Morgan fingerprint density at radius 3 is 3.00 bits per heavy atom. The lowest BCUT2D eigenvalue weighted by atomic mass is 10.1. The van der Waals surface area contributed by atoms with Crippen LogP contribution in [0.2, 0.25) is 0 Å². The molecular formula is C11H15N5O2. The zero-order chi connectivity index (χ0) is 13.1. The summed E-state index contributed by atoms with van der Waals surface area (Å²) in [5.74, 6) is -0.282. The number of nitrogens with two attached hydrogens (primary N) is 1. The second-order valence-electron chi connectivity index (χ2n) is 4.02. The molecule has 96 valence electrons. The molecule has 2 heterocycles. The van der Waals surface area contributed by atoms with Crippen LogP contribution in [0.3, 0.4) is 0 Å². The molecule has 1 aromatic rings. The van der Waals surface area contributed by atoms with Crippen LogP contribution >= 0.6 is 0 Å². The van der Waals surface area contributed by atoms with Gasteiger partial charge in [0.1, 0.15) is 12.6 Å². The Kier molecular flexibility index (Phi) is 3.52. The van der Waals surface area contributed by atoms with Crippen molar-refractivity contribution in [2.75, 3.05) is 11.4 Å². The number of aromatic nitrogens is 2. The number of hydrogen-bond donors (Lipinski definition) is 2. The highest BCUT2D eigenvalue weighted by Gasteiger charge is 2.33. The van der Waals surface area contributed by atoms with Gasteiger partial charge in [0.25, 0.3) is 0 Å². The number of piperazine rings is 1. The highest BCUT2D eigenvalue weighted by Crippen LogP contribution is 2.16. The molecule has 0 aromatic carbocycles. The molecule has 1 aliphatic heterocycles. The van der Waals surface area contributed by atoms with Crippen LogP contribution in [0.5, 0.6) is 0 Å². The lowest BCUT2D eigenvalue weighted by Crippen LogP contribution is -2.58. The third-order valence-corrected chi connectivity index (χ3v) is 2.81. The molecule has 2 amide bonds. The average Bonchev–Trinajstić information content (AvgIpc) is 2.38. The summed E-state index contributed by atoms with van der Waals surface area (Å²) in [5.41, 5.74) is 6.19. The molecule has 1 unspecified atom stereocenters. The lowest BCUT2D eigenvalue weighted by Gasteiger charge is -2.33. The first-order valence-corrected chi connectivity index (χ1v) is 5.78. The summed E-state index contributed by atoms with van der Waals surface area (Å²) >= 11 is 0. The average molecular weight is 249 g/mol. The zero-order valence-electron chi connectivity index (χ0n) is 10.1. The predicted molar refractivity (Wildman–Crippen MR) is 64.5 cm³/mol. The number of imide groups is 1. The normalized spacial score (nSPS) is 19.9. The van der Waals surface area contributed by atoms with E-state index in [1.807, 2.05) is 6.92 Å². The predicted octanol–water partition coefficient (Wildman–Crippen LogP) is -0.823. The minimum atomic E-state index is -0.421. The van der Waals surface area contributed by atoms with Crippen molar-refractivity contribution >= 4 is 17.8 Å². The molecule has 1 aromatic heterocycles. The van der Waals surface area contributed by atoms with Crippen LogP contribution in [0.4, 0.5) is 5.95 Å². The molecule has 7 nitrogen and oxygen atoms in total. The molecule has 0 bridgehead atoms. The number of rotatable bonds is 3. The molecular weight excluding hydrogens is 234 g/mol.